The van der Waals surface area contributed by atoms with Gasteiger partial charge < -0.3 is 39.7 Å². The molecule has 2 rings (SSSR count). The number of ketones is 1. The minimum absolute atomic E-state index is 0.0661. The van der Waals surface area contributed by atoms with Crippen molar-refractivity contribution in [1.82, 2.24) is 0 Å². The molecular formula is C28H50O10. The van der Waals surface area contributed by atoms with Gasteiger partial charge in [-0.3, -0.25) is 9.59 Å². The van der Waals surface area contributed by atoms with Gasteiger partial charge >= 0.3 is 5.97 Å². The van der Waals surface area contributed by atoms with Gasteiger partial charge in [0.25, 0.3) is 0 Å². The summed E-state index contributed by atoms with van der Waals surface area (Å²) < 4.78 is 17.8. The van der Waals surface area contributed by atoms with Crippen LogP contribution in [0.4, 0.5) is 0 Å². The van der Waals surface area contributed by atoms with Gasteiger partial charge in [-0.15, -0.1) is 0 Å². The zero-order valence-corrected chi connectivity index (χ0v) is 24.3. The smallest absolute Gasteiger partial charge is 0.311 e. The topological polar surface area (TPSA) is 163 Å². The summed E-state index contributed by atoms with van der Waals surface area (Å²) in [6.45, 7) is 14.6. The third-order valence-corrected chi connectivity index (χ3v) is 8.82. The van der Waals surface area contributed by atoms with Gasteiger partial charge in [-0.2, -0.15) is 0 Å². The number of carbonyl (C=O) groups is 2. The molecule has 0 spiro atoms. The number of ether oxygens (including phenoxy) is 3. The number of Topliss-reactive ketones (excluding diaryl/α,β-unsaturated/α-hetero) is 1. The molecule has 0 aromatic rings. The Morgan fingerprint density at radius 2 is 1.42 bits per heavy atom. The molecule has 2 saturated heterocycles. The largest absolute Gasteiger partial charge is 0.462 e. The lowest BCUT2D eigenvalue weighted by Crippen LogP contribution is -2.57. The summed E-state index contributed by atoms with van der Waals surface area (Å²) in [5, 5.41) is 54.5. The summed E-state index contributed by atoms with van der Waals surface area (Å²) in [4.78, 5) is 26.5. The summed E-state index contributed by atoms with van der Waals surface area (Å²) in [6.07, 6.45) is -6.81. The molecule has 38 heavy (non-hydrogen) atoms. The van der Waals surface area contributed by atoms with Crippen molar-refractivity contribution in [1.29, 1.82) is 0 Å². The predicted molar refractivity (Wildman–Crippen MR) is 139 cm³/mol. The van der Waals surface area contributed by atoms with Gasteiger partial charge in [0.15, 0.2) is 6.29 Å². The Labute approximate surface area is 226 Å². The van der Waals surface area contributed by atoms with Crippen LogP contribution in [0.5, 0.6) is 0 Å². The van der Waals surface area contributed by atoms with E-state index in [1.165, 1.54) is 13.8 Å². The molecule has 5 N–H and O–H groups in total. The summed E-state index contributed by atoms with van der Waals surface area (Å²) in [5.41, 5.74) is -3.24. The molecule has 2 aliphatic heterocycles. The fourth-order valence-electron chi connectivity index (χ4n) is 6.11. The lowest BCUT2D eigenvalue weighted by atomic mass is 9.75. The monoisotopic (exact) mass is 546 g/mol. The highest BCUT2D eigenvalue weighted by Crippen LogP contribution is 2.37. The molecule has 0 unspecified atom stereocenters. The average molecular weight is 547 g/mol. The van der Waals surface area contributed by atoms with Crippen molar-refractivity contribution in [2.75, 3.05) is 0 Å². The summed E-state index contributed by atoms with van der Waals surface area (Å²) in [5.74, 6) is -4.59. The molecule has 2 aliphatic rings. The third-order valence-electron chi connectivity index (χ3n) is 8.82. The van der Waals surface area contributed by atoms with E-state index in [1.54, 1.807) is 41.5 Å². The molecule has 222 valence electrons. The van der Waals surface area contributed by atoms with Gasteiger partial charge in [-0.05, 0) is 40.5 Å². The number of esters is 1. The minimum Gasteiger partial charge on any atom is -0.462 e. The van der Waals surface area contributed by atoms with Crippen molar-refractivity contribution < 1.29 is 49.3 Å². The van der Waals surface area contributed by atoms with Crippen LogP contribution >= 0.6 is 0 Å². The first-order valence-corrected chi connectivity index (χ1v) is 13.9. The number of hydrogen-bond acceptors (Lipinski definition) is 10. The van der Waals surface area contributed by atoms with Crippen LogP contribution in [-0.2, 0) is 23.8 Å². The van der Waals surface area contributed by atoms with E-state index in [0.717, 1.165) is 0 Å². The molecule has 0 saturated carbocycles. The predicted octanol–water partition coefficient (Wildman–Crippen LogP) is 1.57. The Hall–Kier alpha value is -1.14. The molecule has 10 heteroatoms. The second kappa shape index (κ2) is 12.6. The van der Waals surface area contributed by atoms with Crippen molar-refractivity contribution in [2.45, 2.75) is 136 Å². The Morgan fingerprint density at radius 1 is 0.868 bits per heavy atom. The second-order valence-corrected chi connectivity index (χ2v) is 12.4. The third kappa shape index (κ3) is 7.13. The van der Waals surface area contributed by atoms with Crippen LogP contribution in [-0.4, -0.2) is 91.4 Å². The molecule has 10 nitrogen and oxygen atoms in total. The van der Waals surface area contributed by atoms with E-state index in [-0.39, 0.29) is 18.6 Å². The van der Waals surface area contributed by atoms with E-state index in [4.69, 9.17) is 14.2 Å². The molecular weight excluding hydrogens is 496 g/mol. The maximum Gasteiger partial charge on any atom is 0.311 e. The van der Waals surface area contributed by atoms with Gasteiger partial charge in [-0.25, -0.2) is 0 Å². The van der Waals surface area contributed by atoms with Crippen LogP contribution in [0.3, 0.4) is 0 Å². The lowest BCUT2D eigenvalue weighted by Gasteiger charge is -2.45. The molecule has 0 radical (unpaired) electrons. The van der Waals surface area contributed by atoms with Gasteiger partial charge in [0, 0.05) is 30.1 Å². The molecule has 14 atom stereocenters. The molecule has 0 amide bonds. The second-order valence-electron chi connectivity index (χ2n) is 12.4. The number of aliphatic hydroxyl groups excluding tert-OH is 3. The van der Waals surface area contributed by atoms with Crippen LogP contribution in [0.1, 0.15) is 81.6 Å². The van der Waals surface area contributed by atoms with Crippen LogP contribution in [0.15, 0.2) is 0 Å². The Balaban J connectivity index is 2.49. The highest BCUT2D eigenvalue weighted by molar-refractivity contribution is 5.83. The normalized spacial score (nSPS) is 50.3. The highest BCUT2D eigenvalue weighted by Gasteiger charge is 2.49. The first kappa shape index (κ1) is 33.1. The van der Waals surface area contributed by atoms with Crippen molar-refractivity contribution in [3.8, 4) is 0 Å². The SMILES string of the molecule is CC[C@@H]1OC(=O)[C@H](C)[C@@H](O[C@H]2C[C@@](C)(O)[C@H](O)[C@@H](C)O2)[C@@H](C)[C@@H](O)[C@@](C)(O)C[C@@H](C)C(=O)[C@H](C)[C@@H](O)[C@@H]1C. The first-order valence-electron chi connectivity index (χ1n) is 13.9. The number of rotatable bonds is 3. The Morgan fingerprint density at radius 3 is 1.95 bits per heavy atom. The molecule has 0 bridgehead atoms. The minimum atomic E-state index is -1.73. The van der Waals surface area contributed by atoms with Gasteiger partial charge in [0.1, 0.15) is 18.0 Å². The average Bonchev–Trinajstić information content (AvgIpc) is 2.84. The van der Waals surface area contributed by atoms with Gasteiger partial charge in [0.05, 0.1) is 41.5 Å². The fraction of sp³-hybridized carbons (Fsp3) is 0.929. The Kier molecular flexibility index (Phi) is 10.9. The maximum absolute atomic E-state index is 13.4. The molecule has 2 fully saturated rings. The van der Waals surface area contributed by atoms with E-state index >= 15 is 0 Å². The van der Waals surface area contributed by atoms with Crippen molar-refractivity contribution in [3.05, 3.63) is 0 Å². The highest BCUT2D eigenvalue weighted by atomic mass is 16.7. The molecule has 0 aromatic carbocycles. The van der Waals surface area contributed by atoms with Crippen molar-refractivity contribution in [2.24, 2.45) is 29.6 Å². The summed E-state index contributed by atoms with van der Waals surface area (Å²) >= 11 is 0. The number of carbonyl (C=O) groups excluding carboxylic acids is 2. The molecule has 0 aliphatic carbocycles. The zero-order chi connectivity index (χ0) is 29.3. The van der Waals surface area contributed by atoms with E-state index < -0.39 is 89.7 Å². The summed E-state index contributed by atoms with van der Waals surface area (Å²) in [7, 11) is 0. The quantitative estimate of drug-likeness (QED) is 0.328. The fourth-order valence-corrected chi connectivity index (χ4v) is 6.11. The summed E-state index contributed by atoms with van der Waals surface area (Å²) in [6, 6.07) is 0. The van der Waals surface area contributed by atoms with Gasteiger partial charge in [0.2, 0.25) is 0 Å². The lowest BCUT2D eigenvalue weighted by molar-refractivity contribution is -0.295. The van der Waals surface area contributed by atoms with Crippen LogP contribution in [0, 0.1) is 29.6 Å². The maximum atomic E-state index is 13.4. The molecule has 2 heterocycles. The van der Waals surface area contributed by atoms with E-state index in [2.05, 4.69) is 0 Å². The van der Waals surface area contributed by atoms with E-state index in [9.17, 15) is 35.1 Å². The molecule has 0 aromatic heterocycles. The number of cyclic esters (lactones) is 1. The van der Waals surface area contributed by atoms with E-state index in [1.807, 2.05) is 6.92 Å². The number of hydrogen-bond donors (Lipinski definition) is 5. The number of aliphatic hydroxyl groups is 5. The first-order chi connectivity index (χ1) is 17.3. The van der Waals surface area contributed by atoms with Crippen LogP contribution in [0.2, 0.25) is 0 Å². The zero-order valence-electron chi connectivity index (χ0n) is 24.3. The Bertz CT molecular complexity index is 813. The van der Waals surface area contributed by atoms with Crippen LogP contribution in [0.25, 0.3) is 0 Å². The standard InChI is InChI=1S/C28H50O10/c1-10-19-14(3)22(30)15(4)21(29)13(2)11-27(8,34)24(31)16(5)23(17(6)26(33)37-19)38-20-12-28(9,35)25(32)18(7)36-20/h13-20,22-25,30-32,34-35H,10-12H2,1-9H3/t13-,14-,15+,16-,17-,18-,19+,20+,22+,23+,24-,25-,27+,28-/m1/s1. The van der Waals surface area contributed by atoms with Crippen molar-refractivity contribution >= 4 is 11.8 Å². The van der Waals surface area contributed by atoms with E-state index in [0.29, 0.717) is 6.42 Å². The van der Waals surface area contributed by atoms with Gasteiger partial charge in [-0.1, -0.05) is 34.6 Å². The van der Waals surface area contributed by atoms with Crippen molar-refractivity contribution in [3.63, 3.8) is 0 Å². The van der Waals surface area contributed by atoms with Crippen LogP contribution < -0.4 is 0 Å².